The van der Waals surface area contributed by atoms with Gasteiger partial charge in [0.25, 0.3) is 0 Å². The molecule has 0 fully saturated rings. The quantitative estimate of drug-likeness (QED) is 0.509. The zero-order chi connectivity index (χ0) is 6.57. The lowest BCUT2D eigenvalue weighted by atomic mass is 10.2. The summed E-state index contributed by atoms with van der Waals surface area (Å²) in [5.41, 5.74) is 0.701. The van der Waals surface area contributed by atoms with Gasteiger partial charge in [-0.25, -0.2) is 0 Å². The lowest BCUT2D eigenvalue weighted by molar-refractivity contribution is 0.231. The number of nitrogens with zero attached hydrogens (tertiary/aromatic N) is 1. The topological polar surface area (TPSA) is 44.0 Å². The van der Waals surface area contributed by atoms with E-state index in [0.717, 1.165) is 0 Å². The minimum Gasteiger partial charge on any atom is -0.389 e. The van der Waals surface area contributed by atoms with Crippen LogP contribution in [0.2, 0.25) is 0 Å². The highest BCUT2D eigenvalue weighted by Crippen LogP contribution is 1.96. The van der Waals surface area contributed by atoms with Gasteiger partial charge < -0.3 is 5.11 Å². The van der Waals surface area contributed by atoms with Crippen LogP contribution in [0.25, 0.3) is 0 Å². The maximum absolute atomic E-state index is 8.73. The Kier molecular flexibility index (Phi) is 2.90. The first-order chi connectivity index (χ1) is 3.68. The van der Waals surface area contributed by atoms with Gasteiger partial charge in [0.1, 0.15) is 0 Å². The van der Waals surface area contributed by atoms with Gasteiger partial charge in [-0.3, -0.25) is 0 Å². The Bertz CT molecular complexity index is 130. The molecule has 0 aliphatic carbocycles. The van der Waals surface area contributed by atoms with E-state index in [2.05, 4.69) is 0 Å². The summed E-state index contributed by atoms with van der Waals surface area (Å²) in [4.78, 5) is 0. The average molecular weight is 111 g/mol. The van der Waals surface area contributed by atoms with Crippen molar-refractivity contribution in [1.29, 1.82) is 5.26 Å². The second-order valence-corrected chi connectivity index (χ2v) is 1.69. The summed E-state index contributed by atoms with van der Waals surface area (Å²) < 4.78 is 0. The van der Waals surface area contributed by atoms with E-state index in [4.69, 9.17) is 10.4 Å². The molecule has 2 heteroatoms. The smallest absolute Gasteiger partial charge is 0.0912 e. The maximum atomic E-state index is 8.73. The third-order valence-electron chi connectivity index (χ3n) is 0.951. The lowest BCUT2D eigenvalue weighted by Crippen LogP contribution is -1.99. The first-order valence-electron chi connectivity index (χ1n) is 2.43. The van der Waals surface area contributed by atoms with Gasteiger partial charge in [-0.15, -0.1) is 0 Å². The van der Waals surface area contributed by atoms with E-state index >= 15 is 0 Å². The highest BCUT2D eigenvalue weighted by molar-refractivity contribution is 5.13. The predicted molar refractivity (Wildman–Crippen MR) is 31.1 cm³/mol. The number of rotatable bonds is 1. The minimum absolute atomic E-state index is 0.491. The van der Waals surface area contributed by atoms with Crippen LogP contribution in [0.5, 0.6) is 0 Å². The van der Waals surface area contributed by atoms with E-state index in [1.807, 2.05) is 6.07 Å². The molecule has 0 aromatic heterocycles. The van der Waals surface area contributed by atoms with E-state index in [9.17, 15) is 0 Å². The summed E-state index contributed by atoms with van der Waals surface area (Å²) in [7, 11) is 0. The van der Waals surface area contributed by atoms with Crippen LogP contribution in [-0.2, 0) is 0 Å². The van der Waals surface area contributed by atoms with Crippen LogP contribution in [0.1, 0.15) is 13.8 Å². The molecule has 0 aromatic rings. The van der Waals surface area contributed by atoms with Crippen molar-refractivity contribution in [1.82, 2.24) is 0 Å². The third-order valence-corrected chi connectivity index (χ3v) is 0.951. The zero-order valence-corrected chi connectivity index (χ0v) is 5.05. The molecule has 0 bridgehead atoms. The molecule has 8 heavy (non-hydrogen) atoms. The largest absolute Gasteiger partial charge is 0.389 e. The fourth-order valence-corrected chi connectivity index (χ4v) is 0.222. The first-order valence-corrected chi connectivity index (χ1v) is 2.43. The van der Waals surface area contributed by atoms with Crippen molar-refractivity contribution in [2.75, 3.05) is 0 Å². The second-order valence-electron chi connectivity index (χ2n) is 1.69. The van der Waals surface area contributed by atoms with Gasteiger partial charge in [0, 0.05) is 6.08 Å². The van der Waals surface area contributed by atoms with Crippen molar-refractivity contribution < 1.29 is 5.11 Å². The molecule has 0 amide bonds. The number of aliphatic hydroxyl groups is 1. The fourth-order valence-electron chi connectivity index (χ4n) is 0.222. The molecule has 0 aliphatic rings. The van der Waals surface area contributed by atoms with Crippen molar-refractivity contribution in [2.24, 2.45) is 0 Å². The molecule has 2 nitrogen and oxygen atoms in total. The van der Waals surface area contributed by atoms with Crippen molar-refractivity contribution in [2.45, 2.75) is 20.0 Å². The van der Waals surface area contributed by atoms with Crippen LogP contribution < -0.4 is 0 Å². The molecule has 0 heterocycles. The van der Waals surface area contributed by atoms with Gasteiger partial charge in [-0.2, -0.15) is 5.26 Å². The van der Waals surface area contributed by atoms with Crippen LogP contribution >= 0.6 is 0 Å². The molecule has 0 aliphatic heterocycles. The van der Waals surface area contributed by atoms with Crippen molar-refractivity contribution in [3.8, 4) is 6.07 Å². The van der Waals surface area contributed by atoms with Crippen LogP contribution in [0, 0.1) is 11.3 Å². The van der Waals surface area contributed by atoms with E-state index in [1.165, 1.54) is 6.08 Å². The van der Waals surface area contributed by atoms with Crippen LogP contribution in [-0.4, -0.2) is 11.2 Å². The Morgan fingerprint density at radius 2 is 2.38 bits per heavy atom. The molecule has 44 valence electrons. The summed E-state index contributed by atoms with van der Waals surface area (Å²) >= 11 is 0. The molecule has 0 rings (SSSR count). The molecule has 0 aromatic carbocycles. The highest BCUT2D eigenvalue weighted by atomic mass is 16.3. The normalized spacial score (nSPS) is 15.0. The monoisotopic (exact) mass is 111 g/mol. The van der Waals surface area contributed by atoms with E-state index in [0.29, 0.717) is 5.57 Å². The Hall–Kier alpha value is -0.810. The van der Waals surface area contributed by atoms with Gasteiger partial charge in [-0.05, 0) is 19.4 Å². The Morgan fingerprint density at radius 3 is 2.50 bits per heavy atom. The summed E-state index contributed by atoms with van der Waals surface area (Å²) in [5, 5.41) is 16.8. The highest BCUT2D eigenvalue weighted by Gasteiger charge is 1.94. The van der Waals surface area contributed by atoms with Crippen molar-refractivity contribution >= 4 is 0 Å². The van der Waals surface area contributed by atoms with Gasteiger partial charge in [-0.1, -0.05) is 0 Å². The zero-order valence-electron chi connectivity index (χ0n) is 5.05. The minimum atomic E-state index is -0.491. The fraction of sp³-hybridized carbons (Fsp3) is 0.500. The van der Waals surface area contributed by atoms with Crippen molar-refractivity contribution in [3.63, 3.8) is 0 Å². The molecule has 1 atom stereocenters. The average Bonchev–Trinajstić information content (AvgIpc) is 1.67. The van der Waals surface area contributed by atoms with Crippen LogP contribution in [0.4, 0.5) is 0 Å². The van der Waals surface area contributed by atoms with Crippen LogP contribution in [0.3, 0.4) is 0 Å². The second kappa shape index (κ2) is 3.23. The molecule has 0 saturated heterocycles. The molecule has 0 unspecified atom stereocenters. The van der Waals surface area contributed by atoms with Crippen molar-refractivity contribution in [3.05, 3.63) is 11.6 Å². The van der Waals surface area contributed by atoms with Crippen LogP contribution in [0.15, 0.2) is 11.6 Å². The number of nitriles is 1. The molecule has 0 saturated carbocycles. The lowest BCUT2D eigenvalue weighted by Gasteiger charge is -1.98. The molecule has 1 N–H and O–H groups in total. The summed E-state index contributed by atoms with van der Waals surface area (Å²) in [6.45, 7) is 3.34. The molecular weight excluding hydrogens is 102 g/mol. The molecule has 0 spiro atoms. The van der Waals surface area contributed by atoms with E-state index in [1.54, 1.807) is 13.8 Å². The SMILES string of the molecule is C/C(=C\C#N)[C@@H](C)O. The maximum Gasteiger partial charge on any atom is 0.0912 e. The van der Waals surface area contributed by atoms with E-state index in [-0.39, 0.29) is 0 Å². The predicted octanol–water partition coefficient (Wildman–Crippen LogP) is 0.837. The number of allylic oxidation sites excluding steroid dienone is 1. The number of aliphatic hydroxyl groups excluding tert-OH is 1. The standard InChI is InChI=1S/C6H9NO/c1-5(3-4-7)6(2)8/h3,6,8H,1-2H3/b5-3+/t6-/m1/s1. The molecule has 0 radical (unpaired) electrons. The van der Waals surface area contributed by atoms with Gasteiger partial charge >= 0.3 is 0 Å². The number of hydrogen-bond donors (Lipinski definition) is 1. The Labute approximate surface area is 49.1 Å². The third kappa shape index (κ3) is 2.38. The first kappa shape index (κ1) is 7.19. The van der Waals surface area contributed by atoms with Gasteiger partial charge in [0.15, 0.2) is 0 Å². The van der Waals surface area contributed by atoms with E-state index < -0.39 is 6.10 Å². The number of hydrogen-bond acceptors (Lipinski definition) is 2. The summed E-state index contributed by atoms with van der Waals surface area (Å²) in [5.74, 6) is 0. The summed E-state index contributed by atoms with van der Waals surface area (Å²) in [6.07, 6.45) is 0.847. The molecular formula is C6H9NO. The Morgan fingerprint density at radius 1 is 1.88 bits per heavy atom. The summed E-state index contributed by atoms with van der Waals surface area (Å²) in [6, 6.07) is 1.83. The van der Waals surface area contributed by atoms with Gasteiger partial charge in [0.05, 0.1) is 12.2 Å². The van der Waals surface area contributed by atoms with Gasteiger partial charge in [0.2, 0.25) is 0 Å². The Balaban J connectivity index is 3.85.